The lowest BCUT2D eigenvalue weighted by molar-refractivity contribution is 0.0950. The summed E-state index contributed by atoms with van der Waals surface area (Å²) in [6.07, 6.45) is 1.63. The van der Waals surface area contributed by atoms with Crippen LogP contribution >= 0.6 is 0 Å². The molecule has 2 N–H and O–H groups in total. The average Bonchev–Trinajstić information content (AvgIpc) is 3.43. The highest BCUT2D eigenvalue weighted by Crippen LogP contribution is 2.25. The summed E-state index contributed by atoms with van der Waals surface area (Å²) in [5.41, 5.74) is 2.43. The summed E-state index contributed by atoms with van der Waals surface area (Å²) in [6, 6.07) is 17.9. The number of carbonyl (C=O) groups excluding carboxylic acids is 1. The van der Waals surface area contributed by atoms with E-state index in [-0.39, 0.29) is 28.7 Å². The minimum absolute atomic E-state index is 0.0677. The third-order valence-electron chi connectivity index (χ3n) is 5.89. The number of halogens is 1. The van der Waals surface area contributed by atoms with E-state index in [1.165, 1.54) is 28.6 Å². The molecule has 0 saturated carbocycles. The summed E-state index contributed by atoms with van der Waals surface area (Å²) in [4.78, 5) is 13.1. The van der Waals surface area contributed by atoms with Gasteiger partial charge in [-0.3, -0.25) is 4.79 Å². The molecule has 0 unspecified atom stereocenters. The number of rotatable bonds is 9. The summed E-state index contributed by atoms with van der Waals surface area (Å²) >= 11 is 0. The minimum Gasteiger partial charge on any atom is -0.497 e. The normalized spacial score (nSPS) is 14.0. The van der Waals surface area contributed by atoms with Crippen molar-refractivity contribution in [3.8, 4) is 5.75 Å². The zero-order valence-electron chi connectivity index (χ0n) is 19.5. The van der Waals surface area contributed by atoms with Gasteiger partial charge < -0.3 is 15.4 Å². The zero-order chi connectivity index (χ0) is 24.8. The Balaban J connectivity index is 1.56. The molecule has 0 bridgehead atoms. The van der Waals surface area contributed by atoms with E-state index in [4.69, 9.17) is 4.74 Å². The summed E-state index contributed by atoms with van der Waals surface area (Å²) < 4.78 is 46.3. The monoisotopic (exact) mass is 497 g/mol. The first-order chi connectivity index (χ1) is 16.8. The van der Waals surface area contributed by atoms with Crippen molar-refractivity contribution in [2.24, 2.45) is 0 Å². The second-order valence-corrected chi connectivity index (χ2v) is 10.3. The van der Waals surface area contributed by atoms with Crippen LogP contribution in [0.4, 0.5) is 10.1 Å². The maximum absolute atomic E-state index is 13.2. The molecule has 184 valence electrons. The molecule has 7 nitrogen and oxygen atoms in total. The lowest BCUT2D eigenvalue weighted by atomic mass is 10.1. The largest absolute Gasteiger partial charge is 0.497 e. The first-order valence-electron chi connectivity index (χ1n) is 11.4. The van der Waals surface area contributed by atoms with Gasteiger partial charge in [-0.2, -0.15) is 4.31 Å². The first-order valence-corrected chi connectivity index (χ1v) is 12.8. The molecular weight excluding hydrogens is 469 g/mol. The Morgan fingerprint density at radius 3 is 2.23 bits per heavy atom. The second kappa shape index (κ2) is 10.9. The number of hydrogen-bond acceptors (Lipinski definition) is 5. The topological polar surface area (TPSA) is 87.7 Å². The number of nitrogens with zero attached hydrogens (tertiary/aromatic N) is 1. The van der Waals surface area contributed by atoms with E-state index in [9.17, 15) is 17.6 Å². The molecule has 3 aromatic rings. The van der Waals surface area contributed by atoms with E-state index in [1.807, 2.05) is 24.3 Å². The van der Waals surface area contributed by atoms with Gasteiger partial charge in [0.25, 0.3) is 5.91 Å². The standard InChI is InChI=1S/C26H28FN3O4S/c1-34-24-10-6-20(7-11-24)18-29-26(31)21-14-23(28-17-19-4-8-22(27)9-5-19)16-25(15-21)35(32,33)30-12-2-3-13-30/h4-11,14-16,28H,2-3,12-13,17-18H2,1H3,(H,29,31). The van der Waals surface area contributed by atoms with E-state index >= 15 is 0 Å². The van der Waals surface area contributed by atoms with Gasteiger partial charge in [-0.05, 0) is 66.4 Å². The lowest BCUT2D eigenvalue weighted by Crippen LogP contribution is -2.29. The third kappa shape index (κ3) is 6.17. The Hall–Kier alpha value is -3.43. The van der Waals surface area contributed by atoms with Crippen LogP contribution in [0, 0.1) is 5.82 Å². The molecule has 1 aliphatic rings. The van der Waals surface area contributed by atoms with Crippen molar-refractivity contribution in [1.29, 1.82) is 0 Å². The second-order valence-electron chi connectivity index (χ2n) is 8.37. The fraction of sp³-hybridized carbons (Fsp3) is 0.269. The van der Waals surface area contributed by atoms with Gasteiger partial charge in [0.05, 0.1) is 12.0 Å². The average molecular weight is 498 g/mol. The molecule has 0 atom stereocenters. The predicted molar refractivity (Wildman–Crippen MR) is 132 cm³/mol. The molecule has 1 saturated heterocycles. The van der Waals surface area contributed by atoms with Crippen LogP contribution in [-0.4, -0.2) is 38.8 Å². The Morgan fingerprint density at radius 2 is 1.57 bits per heavy atom. The quantitative estimate of drug-likeness (QED) is 0.464. The molecule has 3 aromatic carbocycles. The van der Waals surface area contributed by atoms with Gasteiger partial charge in [0, 0.05) is 37.4 Å². The summed E-state index contributed by atoms with van der Waals surface area (Å²) in [5, 5.41) is 6.02. The number of anilines is 1. The maximum Gasteiger partial charge on any atom is 0.251 e. The number of sulfonamides is 1. The molecule has 9 heteroatoms. The van der Waals surface area contributed by atoms with E-state index in [0.29, 0.717) is 25.3 Å². The van der Waals surface area contributed by atoms with E-state index in [0.717, 1.165) is 29.7 Å². The SMILES string of the molecule is COc1ccc(CNC(=O)c2cc(NCc3ccc(F)cc3)cc(S(=O)(=O)N3CCCC3)c2)cc1. The Kier molecular flexibility index (Phi) is 7.67. The van der Waals surface area contributed by atoms with Gasteiger partial charge in [-0.15, -0.1) is 0 Å². The van der Waals surface area contributed by atoms with Crippen LogP contribution in [0.25, 0.3) is 0 Å². The highest BCUT2D eigenvalue weighted by molar-refractivity contribution is 7.89. The van der Waals surface area contributed by atoms with Gasteiger partial charge in [0.1, 0.15) is 11.6 Å². The number of amides is 1. The summed E-state index contributed by atoms with van der Waals surface area (Å²) in [7, 11) is -2.15. The Morgan fingerprint density at radius 1 is 0.943 bits per heavy atom. The zero-order valence-corrected chi connectivity index (χ0v) is 20.3. The van der Waals surface area contributed by atoms with E-state index in [1.54, 1.807) is 25.3 Å². The van der Waals surface area contributed by atoms with Gasteiger partial charge in [-0.1, -0.05) is 24.3 Å². The number of carbonyl (C=O) groups is 1. The van der Waals surface area contributed by atoms with Crippen LogP contribution < -0.4 is 15.4 Å². The first kappa shape index (κ1) is 24.7. The highest BCUT2D eigenvalue weighted by Gasteiger charge is 2.28. The fourth-order valence-electron chi connectivity index (χ4n) is 3.89. The molecule has 0 spiro atoms. The fourth-order valence-corrected chi connectivity index (χ4v) is 5.48. The molecule has 35 heavy (non-hydrogen) atoms. The molecular formula is C26H28FN3O4S. The molecule has 1 aliphatic heterocycles. The van der Waals surface area contributed by atoms with Crippen molar-refractivity contribution in [2.45, 2.75) is 30.8 Å². The third-order valence-corrected chi connectivity index (χ3v) is 7.77. The summed E-state index contributed by atoms with van der Waals surface area (Å²) in [5.74, 6) is 0.00385. The number of ether oxygens (including phenoxy) is 1. The Bertz CT molecular complexity index is 1270. The van der Waals surface area contributed by atoms with Crippen LogP contribution in [0.15, 0.2) is 71.6 Å². The number of benzene rings is 3. The summed E-state index contributed by atoms with van der Waals surface area (Å²) in [6.45, 7) is 1.56. The number of methoxy groups -OCH3 is 1. The van der Waals surface area contributed by atoms with Crippen molar-refractivity contribution >= 4 is 21.6 Å². The molecule has 1 amide bonds. The maximum atomic E-state index is 13.2. The number of hydrogen-bond donors (Lipinski definition) is 2. The van der Waals surface area contributed by atoms with Crippen LogP contribution in [0.1, 0.15) is 34.3 Å². The predicted octanol–water partition coefficient (Wildman–Crippen LogP) is 4.16. The van der Waals surface area contributed by atoms with Crippen molar-refractivity contribution in [3.63, 3.8) is 0 Å². The molecule has 1 fully saturated rings. The Labute approximate surface area is 205 Å². The molecule has 0 aromatic heterocycles. The lowest BCUT2D eigenvalue weighted by Gasteiger charge is -2.18. The van der Waals surface area contributed by atoms with Crippen molar-refractivity contribution < 1.29 is 22.3 Å². The molecule has 1 heterocycles. The van der Waals surface area contributed by atoms with Crippen molar-refractivity contribution in [1.82, 2.24) is 9.62 Å². The van der Waals surface area contributed by atoms with Crippen molar-refractivity contribution in [2.75, 3.05) is 25.5 Å². The van der Waals surface area contributed by atoms with Crippen LogP contribution in [0.3, 0.4) is 0 Å². The van der Waals surface area contributed by atoms with Gasteiger partial charge in [0.2, 0.25) is 10.0 Å². The van der Waals surface area contributed by atoms with Crippen LogP contribution in [0.5, 0.6) is 5.75 Å². The van der Waals surface area contributed by atoms with Crippen LogP contribution in [-0.2, 0) is 23.1 Å². The van der Waals surface area contributed by atoms with E-state index in [2.05, 4.69) is 10.6 Å². The molecule has 0 radical (unpaired) electrons. The smallest absolute Gasteiger partial charge is 0.251 e. The van der Waals surface area contributed by atoms with E-state index < -0.39 is 10.0 Å². The van der Waals surface area contributed by atoms with Gasteiger partial charge in [-0.25, -0.2) is 12.8 Å². The number of nitrogens with one attached hydrogen (secondary N) is 2. The van der Waals surface area contributed by atoms with Crippen molar-refractivity contribution in [3.05, 3.63) is 89.2 Å². The minimum atomic E-state index is -3.73. The van der Waals surface area contributed by atoms with Crippen LogP contribution in [0.2, 0.25) is 0 Å². The molecule has 0 aliphatic carbocycles. The van der Waals surface area contributed by atoms with Gasteiger partial charge >= 0.3 is 0 Å². The highest BCUT2D eigenvalue weighted by atomic mass is 32.2. The molecule has 4 rings (SSSR count). The van der Waals surface area contributed by atoms with Gasteiger partial charge in [0.15, 0.2) is 0 Å².